The lowest BCUT2D eigenvalue weighted by molar-refractivity contribution is 0.534. The highest BCUT2D eigenvalue weighted by atomic mass is 16.3. The van der Waals surface area contributed by atoms with Crippen molar-refractivity contribution in [3.05, 3.63) is 18.1 Å². The molecule has 1 aromatic heterocycles. The minimum absolute atomic E-state index is 0.975. The summed E-state index contributed by atoms with van der Waals surface area (Å²) >= 11 is 0. The fourth-order valence-electron chi connectivity index (χ4n) is 2.03. The van der Waals surface area contributed by atoms with Crippen LogP contribution in [-0.2, 0) is 0 Å². The Labute approximate surface area is 106 Å². The average molecular weight is 237 g/mol. The summed E-state index contributed by atoms with van der Waals surface area (Å²) in [5.41, 5.74) is 1.12. The van der Waals surface area contributed by atoms with Gasteiger partial charge in [0.15, 0.2) is 0 Å². The smallest absolute Gasteiger partial charge is 0.114 e. The largest absolute Gasteiger partial charge is 0.467 e. The van der Waals surface area contributed by atoms with Crippen LogP contribution in [0.1, 0.15) is 64.1 Å². The van der Waals surface area contributed by atoms with Gasteiger partial charge in [-0.15, -0.1) is 0 Å². The standard InChI is InChI=1S/C15H27NO/c1-3-4-5-6-7-8-9-10-11-16-15-12-14(2)17-13-15/h12-13,16H,3-11H2,1-2H3. The molecule has 1 N–H and O–H groups in total. The second-order valence-corrected chi connectivity index (χ2v) is 4.85. The number of furan rings is 1. The summed E-state index contributed by atoms with van der Waals surface area (Å²) in [5.74, 6) is 0.975. The third-order valence-corrected chi connectivity index (χ3v) is 3.09. The van der Waals surface area contributed by atoms with Crippen LogP contribution in [0.4, 0.5) is 5.69 Å². The molecule has 17 heavy (non-hydrogen) atoms. The van der Waals surface area contributed by atoms with Gasteiger partial charge < -0.3 is 9.73 Å². The van der Waals surface area contributed by atoms with E-state index in [1.54, 1.807) is 6.26 Å². The predicted molar refractivity (Wildman–Crippen MR) is 74.5 cm³/mol. The highest BCUT2D eigenvalue weighted by molar-refractivity contribution is 5.40. The zero-order valence-corrected chi connectivity index (χ0v) is 11.4. The maximum atomic E-state index is 5.24. The second kappa shape index (κ2) is 9.15. The van der Waals surface area contributed by atoms with E-state index < -0.39 is 0 Å². The quantitative estimate of drug-likeness (QED) is 0.570. The van der Waals surface area contributed by atoms with Crippen molar-refractivity contribution in [3.63, 3.8) is 0 Å². The van der Waals surface area contributed by atoms with Crippen molar-refractivity contribution in [1.82, 2.24) is 0 Å². The fraction of sp³-hybridized carbons (Fsp3) is 0.733. The van der Waals surface area contributed by atoms with E-state index in [1.807, 2.05) is 13.0 Å². The molecule has 2 nitrogen and oxygen atoms in total. The number of hydrogen-bond donors (Lipinski definition) is 1. The van der Waals surface area contributed by atoms with E-state index >= 15 is 0 Å². The topological polar surface area (TPSA) is 25.2 Å². The normalized spacial score (nSPS) is 10.7. The maximum Gasteiger partial charge on any atom is 0.114 e. The number of unbranched alkanes of at least 4 members (excludes halogenated alkanes) is 7. The summed E-state index contributed by atoms with van der Waals surface area (Å²) in [4.78, 5) is 0. The zero-order valence-electron chi connectivity index (χ0n) is 11.4. The number of hydrogen-bond acceptors (Lipinski definition) is 2. The molecule has 0 saturated carbocycles. The van der Waals surface area contributed by atoms with Crippen LogP contribution in [0.2, 0.25) is 0 Å². The van der Waals surface area contributed by atoms with E-state index in [-0.39, 0.29) is 0 Å². The summed E-state index contributed by atoms with van der Waals surface area (Å²) in [5, 5.41) is 3.38. The third kappa shape index (κ3) is 7.09. The van der Waals surface area contributed by atoms with Crippen molar-refractivity contribution in [1.29, 1.82) is 0 Å². The summed E-state index contributed by atoms with van der Waals surface area (Å²) in [6, 6.07) is 2.05. The van der Waals surface area contributed by atoms with Crippen molar-refractivity contribution in [2.75, 3.05) is 11.9 Å². The molecule has 1 rings (SSSR count). The lowest BCUT2D eigenvalue weighted by Crippen LogP contribution is -1.99. The third-order valence-electron chi connectivity index (χ3n) is 3.09. The second-order valence-electron chi connectivity index (χ2n) is 4.85. The lowest BCUT2D eigenvalue weighted by atomic mass is 10.1. The SMILES string of the molecule is CCCCCCCCCCNc1coc(C)c1. The summed E-state index contributed by atoms with van der Waals surface area (Å²) in [6.45, 7) is 5.30. The van der Waals surface area contributed by atoms with E-state index in [0.29, 0.717) is 0 Å². The molecule has 0 spiro atoms. The van der Waals surface area contributed by atoms with E-state index in [0.717, 1.165) is 18.0 Å². The van der Waals surface area contributed by atoms with Crippen LogP contribution >= 0.6 is 0 Å². The van der Waals surface area contributed by atoms with Crippen molar-refractivity contribution >= 4 is 5.69 Å². The molecule has 1 aromatic rings. The van der Waals surface area contributed by atoms with Crippen LogP contribution < -0.4 is 5.32 Å². The maximum absolute atomic E-state index is 5.24. The van der Waals surface area contributed by atoms with Crippen LogP contribution in [0.25, 0.3) is 0 Å². The predicted octanol–water partition coefficient (Wildman–Crippen LogP) is 5.14. The molecule has 0 aliphatic carbocycles. The highest BCUT2D eigenvalue weighted by Gasteiger charge is 1.96. The van der Waals surface area contributed by atoms with E-state index in [4.69, 9.17) is 4.42 Å². The Kier molecular flexibility index (Phi) is 7.61. The highest BCUT2D eigenvalue weighted by Crippen LogP contribution is 2.12. The molecule has 0 saturated heterocycles. The molecular formula is C15H27NO. The van der Waals surface area contributed by atoms with Crippen LogP contribution in [-0.4, -0.2) is 6.54 Å². The van der Waals surface area contributed by atoms with Crippen LogP contribution in [0.3, 0.4) is 0 Å². The molecular weight excluding hydrogens is 210 g/mol. The summed E-state index contributed by atoms with van der Waals surface area (Å²) in [6.07, 6.45) is 12.8. The van der Waals surface area contributed by atoms with Gasteiger partial charge in [-0.05, 0) is 13.3 Å². The first kappa shape index (κ1) is 14.1. The first-order valence-electron chi connectivity index (χ1n) is 7.12. The van der Waals surface area contributed by atoms with Crippen LogP contribution in [0.15, 0.2) is 16.7 Å². The monoisotopic (exact) mass is 237 g/mol. The van der Waals surface area contributed by atoms with Gasteiger partial charge in [-0.2, -0.15) is 0 Å². The molecule has 0 unspecified atom stereocenters. The minimum Gasteiger partial charge on any atom is -0.467 e. The van der Waals surface area contributed by atoms with Crippen LogP contribution in [0.5, 0.6) is 0 Å². The average Bonchev–Trinajstić information content (AvgIpc) is 2.73. The Morgan fingerprint density at radius 1 is 1.00 bits per heavy atom. The van der Waals surface area contributed by atoms with Crippen molar-refractivity contribution in [2.45, 2.75) is 65.2 Å². The Morgan fingerprint density at radius 3 is 2.24 bits per heavy atom. The Balaban J connectivity index is 1.84. The van der Waals surface area contributed by atoms with Crippen molar-refractivity contribution in [2.24, 2.45) is 0 Å². The molecule has 0 atom stereocenters. The number of aryl methyl sites for hydroxylation is 1. The zero-order chi connectivity index (χ0) is 12.3. The molecule has 1 heterocycles. The molecule has 0 aliphatic rings. The summed E-state index contributed by atoms with van der Waals surface area (Å²) in [7, 11) is 0. The van der Waals surface area contributed by atoms with Gasteiger partial charge in [-0.25, -0.2) is 0 Å². The van der Waals surface area contributed by atoms with Gasteiger partial charge in [0.1, 0.15) is 12.0 Å². The Morgan fingerprint density at radius 2 is 1.65 bits per heavy atom. The fourth-order valence-corrected chi connectivity index (χ4v) is 2.03. The van der Waals surface area contributed by atoms with Crippen LogP contribution in [0, 0.1) is 6.92 Å². The van der Waals surface area contributed by atoms with Crippen molar-refractivity contribution < 1.29 is 4.42 Å². The lowest BCUT2D eigenvalue weighted by Gasteiger charge is -2.03. The van der Waals surface area contributed by atoms with E-state index in [1.165, 1.54) is 51.4 Å². The van der Waals surface area contributed by atoms with Gasteiger partial charge in [0.05, 0.1) is 5.69 Å². The molecule has 0 radical (unpaired) electrons. The molecule has 98 valence electrons. The number of nitrogens with one attached hydrogen (secondary N) is 1. The first-order chi connectivity index (χ1) is 8.33. The van der Waals surface area contributed by atoms with Gasteiger partial charge >= 0.3 is 0 Å². The molecule has 0 aromatic carbocycles. The van der Waals surface area contributed by atoms with Gasteiger partial charge in [-0.1, -0.05) is 51.9 Å². The van der Waals surface area contributed by atoms with E-state index in [9.17, 15) is 0 Å². The molecule has 2 heteroatoms. The van der Waals surface area contributed by atoms with Gasteiger partial charge in [0.25, 0.3) is 0 Å². The van der Waals surface area contributed by atoms with Gasteiger partial charge in [0.2, 0.25) is 0 Å². The molecule has 0 aliphatic heterocycles. The van der Waals surface area contributed by atoms with Gasteiger partial charge in [-0.3, -0.25) is 0 Å². The van der Waals surface area contributed by atoms with Gasteiger partial charge in [0, 0.05) is 12.6 Å². The Bertz CT molecular complexity index is 280. The first-order valence-corrected chi connectivity index (χ1v) is 7.12. The van der Waals surface area contributed by atoms with E-state index in [2.05, 4.69) is 12.2 Å². The summed E-state index contributed by atoms with van der Waals surface area (Å²) < 4.78 is 5.24. The molecule has 0 fully saturated rings. The number of rotatable bonds is 10. The molecule has 0 amide bonds. The van der Waals surface area contributed by atoms with Crippen molar-refractivity contribution in [3.8, 4) is 0 Å². The number of anilines is 1. The Hall–Kier alpha value is -0.920. The molecule has 0 bridgehead atoms. The minimum atomic E-state index is 0.975.